The summed E-state index contributed by atoms with van der Waals surface area (Å²) in [6.45, 7) is 1.77. The highest BCUT2D eigenvalue weighted by Crippen LogP contribution is 2.49. The number of carbonyl (C=O) groups is 1. The third-order valence-electron chi connectivity index (χ3n) is 6.86. The van der Waals surface area contributed by atoms with Gasteiger partial charge in [0.1, 0.15) is 11.9 Å². The molecule has 2 heterocycles. The number of benzene rings is 2. The zero-order chi connectivity index (χ0) is 22.1. The second-order valence-electron chi connectivity index (χ2n) is 9.04. The molecule has 2 bridgehead atoms. The molecule has 2 aromatic rings. The predicted molar refractivity (Wildman–Crippen MR) is 117 cm³/mol. The van der Waals surface area contributed by atoms with Crippen LogP contribution in [0.25, 0.3) is 0 Å². The average molecular weight is 426 g/mol. The smallest absolute Gasteiger partial charge is 0.255 e. The molecule has 2 aromatic carbocycles. The van der Waals surface area contributed by atoms with Crippen molar-refractivity contribution in [2.24, 2.45) is 0 Å². The molecule has 5 atom stereocenters. The molecule has 0 aliphatic carbocycles. The minimum absolute atomic E-state index is 0.119. The zero-order valence-electron chi connectivity index (χ0n) is 18.1. The lowest BCUT2D eigenvalue weighted by molar-refractivity contribution is -0.230. The Kier molecular flexibility index (Phi) is 6.06. The number of aliphatic hydroxyl groups excluding tert-OH is 2. The van der Waals surface area contributed by atoms with Gasteiger partial charge in [0.15, 0.2) is 0 Å². The number of ether oxygens (including phenoxy) is 2. The van der Waals surface area contributed by atoms with Crippen LogP contribution in [0, 0.1) is 0 Å². The maximum absolute atomic E-state index is 13.0. The SMILES string of the molecule is COc1ccccc1C(=O)N[C@@H]1CC[C@@]2(CO)C[C@H](c3ccccc3)C[C@](C)(O2)[C@H]1O. The molecule has 0 aromatic heterocycles. The van der Waals surface area contributed by atoms with Crippen LogP contribution in [-0.4, -0.2) is 53.2 Å². The Balaban J connectivity index is 1.60. The molecule has 6 heteroatoms. The Labute approximate surface area is 183 Å². The first-order valence-corrected chi connectivity index (χ1v) is 10.9. The van der Waals surface area contributed by atoms with Crippen LogP contribution < -0.4 is 10.1 Å². The number of hydrogen-bond donors (Lipinski definition) is 3. The van der Waals surface area contributed by atoms with Gasteiger partial charge < -0.3 is 25.0 Å². The van der Waals surface area contributed by atoms with Crippen LogP contribution in [0.15, 0.2) is 54.6 Å². The van der Waals surface area contributed by atoms with E-state index >= 15 is 0 Å². The molecule has 4 rings (SSSR count). The van der Waals surface area contributed by atoms with Crippen molar-refractivity contribution in [1.82, 2.24) is 5.32 Å². The standard InChI is InChI=1S/C25H31NO5/c1-24-14-18(17-8-4-3-5-9-17)15-25(16-27,31-24)13-12-20(22(24)28)26-23(29)19-10-6-7-11-21(19)30-2/h3-11,18,20,22,27-28H,12-16H2,1-2H3,(H,26,29)/t18-,20-,22+,24+,25+/m1/s1. The van der Waals surface area contributed by atoms with E-state index in [0.29, 0.717) is 37.0 Å². The molecule has 2 saturated heterocycles. The third kappa shape index (κ3) is 4.20. The van der Waals surface area contributed by atoms with E-state index in [0.717, 1.165) is 0 Å². The van der Waals surface area contributed by atoms with Crippen LogP contribution in [0.2, 0.25) is 0 Å². The lowest BCUT2D eigenvalue weighted by Gasteiger charge is -2.49. The molecular formula is C25H31NO5. The van der Waals surface area contributed by atoms with Crippen molar-refractivity contribution >= 4 is 5.91 Å². The third-order valence-corrected chi connectivity index (χ3v) is 6.86. The Morgan fingerprint density at radius 2 is 1.87 bits per heavy atom. The Morgan fingerprint density at radius 1 is 1.16 bits per heavy atom. The van der Waals surface area contributed by atoms with Crippen LogP contribution in [0.5, 0.6) is 5.75 Å². The van der Waals surface area contributed by atoms with E-state index < -0.39 is 23.3 Å². The van der Waals surface area contributed by atoms with Gasteiger partial charge in [-0.15, -0.1) is 0 Å². The molecule has 2 fully saturated rings. The first kappa shape index (κ1) is 21.8. The van der Waals surface area contributed by atoms with Gasteiger partial charge >= 0.3 is 0 Å². The Morgan fingerprint density at radius 3 is 2.58 bits per heavy atom. The minimum atomic E-state index is -0.911. The van der Waals surface area contributed by atoms with E-state index in [1.807, 2.05) is 31.2 Å². The zero-order valence-corrected chi connectivity index (χ0v) is 18.1. The van der Waals surface area contributed by atoms with Gasteiger partial charge in [0.05, 0.1) is 36.5 Å². The fourth-order valence-corrected chi connectivity index (χ4v) is 5.29. The number of methoxy groups -OCH3 is 1. The van der Waals surface area contributed by atoms with Crippen LogP contribution in [-0.2, 0) is 4.74 Å². The molecule has 3 N–H and O–H groups in total. The number of nitrogens with one attached hydrogen (secondary N) is 1. The summed E-state index contributed by atoms with van der Waals surface area (Å²) in [5, 5.41) is 24.7. The van der Waals surface area contributed by atoms with Gasteiger partial charge in [-0.3, -0.25) is 4.79 Å². The molecule has 2 aliphatic rings. The van der Waals surface area contributed by atoms with Crippen LogP contribution in [0.3, 0.4) is 0 Å². The summed E-state index contributed by atoms with van der Waals surface area (Å²) in [5.74, 6) is 0.352. The summed E-state index contributed by atoms with van der Waals surface area (Å²) in [4.78, 5) is 13.0. The molecule has 1 amide bonds. The summed E-state index contributed by atoms with van der Waals surface area (Å²) < 4.78 is 11.7. The maximum atomic E-state index is 13.0. The van der Waals surface area contributed by atoms with Gasteiger partial charge in [0, 0.05) is 0 Å². The van der Waals surface area contributed by atoms with Crippen molar-refractivity contribution < 1.29 is 24.5 Å². The largest absolute Gasteiger partial charge is 0.496 e. The highest BCUT2D eigenvalue weighted by atomic mass is 16.5. The summed E-state index contributed by atoms with van der Waals surface area (Å²) in [6, 6.07) is 16.7. The van der Waals surface area contributed by atoms with E-state index in [1.165, 1.54) is 12.7 Å². The van der Waals surface area contributed by atoms with Crippen molar-refractivity contribution in [2.45, 2.75) is 61.9 Å². The average Bonchev–Trinajstić information content (AvgIpc) is 2.87. The molecule has 2 aliphatic heterocycles. The monoisotopic (exact) mass is 425 g/mol. The molecule has 31 heavy (non-hydrogen) atoms. The number of para-hydroxylation sites is 1. The first-order valence-electron chi connectivity index (χ1n) is 10.9. The van der Waals surface area contributed by atoms with Gasteiger partial charge in [-0.25, -0.2) is 0 Å². The van der Waals surface area contributed by atoms with Crippen LogP contribution in [0.4, 0.5) is 0 Å². The lowest BCUT2D eigenvalue weighted by Crippen LogP contribution is -2.58. The quantitative estimate of drug-likeness (QED) is 0.685. The van der Waals surface area contributed by atoms with Gasteiger partial charge in [0.25, 0.3) is 5.91 Å². The highest BCUT2D eigenvalue weighted by molar-refractivity contribution is 5.97. The maximum Gasteiger partial charge on any atom is 0.255 e. The molecule has 166 valence electrons. The number of fused-ring (bicyclic) bond motifs is 2. The van der Waals surface area contributed by atoms with Crippen molar-refractivity contribution in [2.75, 3.05) is 13.7 Å². The van der Waals surface area contributed by atoms with E-state index in [4.69, 9.17) is 9.47 Å². The Bertz CT molecular complexity index is 919. The van der Waals surface area contributed by atoms with Gasteiger partial charge in [-0.1, -0.05) is 42.5 Å². The highest BCUT2D eigenvalue weighted by Gasteiger charge is 2.54. The molecule has 0 radical (unpaired) electrons. The first-order chi connectivity index (χ1) is 14.9. The van der Waals surface area contributed by atoms with Crippen molar-refractivity contribution in [3.63, 3.8) is 0 Å². The van der Waals surface area contributed by atoms with Gasteiger partial charge in [0.2, 0.25) is 0 Å². The minimum Gasteiger partial charge on any atom is -0.496 e. The van der Waals surface area contributed by atoms with E-state index in [2.05, 4.69) is 17.4 Å². The molecular weight excluding hydrogens is 394 g/mol. The number of amides is 1. The predicted octanol–water partition coefficient (Wildman–Crippen LogP) is 3.03. The van der Waals surface area contributed by atoms with E-state index in [-0.39, 0.29) is 18.4 Å². The second kappa shape index (κ2) is 8.61. The summed E-state index contributed by atoms with van der Waals surface area (Å²) >= 11 is 0. The molecule has 0 spiro atoms. The Hall–Kier alpha value is -2.41. The molecule has 6 nitrogen and oxygen atoms in total. The second-order valence-corrected chi connectivity index (χ2v) is 9.04. The van der Waals surface area contributed by atoms with Crippen LogP contribution >= 0.6 is 0 Å². The number of hydrogen-bond acceptors (Lipinski definition) is 5. The van der Waals surface area contributed by atoms with E-state index in [1.54, 1.807) is 18.2 Å². The summed E-state index contributed by atoms with van der Waals surface area (Å²) in [7, 11) is 1.53. The van der Waals surface area contributed by atoms with Crippen molar-refractivity contribution in [3.8, 4) is 5.75 Å². The number of aliphatic hydroxyl groups is 2. The number of carbonyl (C=O) groups excluding carboxylic acids is 1. The lowest BCUT2D eigenvalue weighted by atomic mass is 9.74. The van der Waals surface area contributed by atoms with Crippen molar-refractivity contribution in [1.29, 1.82) is 0 Å². The number of rotatable bonds is 5. The van der Waals surface area contributed by atoms with Crippen LogP contribution in [0.1, 0.15) is 54.4 Å². The summed E-state index contributed by atoms with van der Waals surface area (Å²) in [5.41, 5.74) is -0.0251. The fourth-order valence-electron chi connectivity index (χ4n) is 5.29. The summed E-state index contributed by atoms with van der Waals surface area (Å²) in [6.07, 6.45) is 1.45. The van der Waals surface area contributed by atoms with Crippen molar-refractivity contribution in [3.05, 3.63) is 65.7 Å². The fraction of sp³-hybridized carbons (Fsp3) is 0.480. The molecule has 0 saturated carbocycles. The molecule has 0 unspecified atom stereocenters. The van der Waals surface area contributed by atoms with Gasteiger partial charge in [-0.2, -0.15) is 0 Å². The topological polar surface area (TPSA) is 88.0 Å². The normalized spacial score (nSPS) is 32.7. The van der Waals surface area contributed by atoms with E-state index in [9.17, 15) is 15.0 Å². The van der Waals surface area contributed by atoms with Gasteiger partial charge in [-0.05, 0) is 56.2 Å².